The molecule has 0 radical (unpaired) electrons. The third-order valence-electron chi connectivity index (χ3n) is 4.94. The molecule has 7 nitrogen and oxygen atoms in total. The summed E-state index contributed by atoms with van der Waals surface area (Å²) in [6.07, 6.45) is 1.92. The summed E-state index contributed by atoms with van der Waals surface area (Å²) < 4.78 is 16.8. The second-order valence-corrected chi connectivity index (χ2v) is 7.66. The zero-order valence-corrected chi connectivity index (χ0v) is 17.9. The zero-order chi connectivity index (χ0) is 20.3. The topological polar surface area (TPSA) is 84.8 Å². The third-order valence-corrected chi connectivity index (χ3v) is 5.37. The van der Waals surface area contributed by atoms with E-state index < -0.39 is 0 Å². The number of hydrogen-bond acceptors (Lipinski definition) is 5. The average molecular weight is 453 g/mol. The lowest BCUT2D eigenvalue weighted by Crippen LogP contribution is -2.37. The standard InChI is InChI=1S/C20H25BrN2O5/c1-4-26-20(25)18-12(2)15(13(3)22-18)11-23(10-14-6-5-9-27-14)19(24)16-7-8-17(21)28-16/h7-8,14,22H,4-6,9-11H2,1-3H3/t14-/m1/s1. The Hall–Kier alpha value is -2.06. The Balaban J connectivity index is 1.86. The van der Waals surface area contributed by atoms with Crippen LogP contribution >= 0.6 is 15.9 Å². The predicted molar refractivity (Wildman–Crippen MR) is 106 cm³/mol. The second kappa shape index (κ2) is 8.96. The number of H-pyrrole nitrogens is 1. The molecule has 1 amide bonds. The van der Waals surface area contributed by atoms with E-state index in [1.165, 1.54) is 0 Å². The van der Waals surface area contributed by atoms with Crippen molar-refractivity contribution >= 4 is 27.8 Å². The molecule has 8 heteroatoms. The molecule has 2 aromatic heterocycles. The molecule has 3 heterocycles. The van der Waals surface area contributed by atoms with Crippen molar-refractivity contribution in [3.63, 3.8) is 0 Å². The molecule has 0 aliphatic carbocycles. The summed E-state index contributed by atoms with van der Waals surface area (Å²) in [5.41, 5.74) is 2.97. The van der Waals surface area contributed by atoms with Crippen LogP contribution in [-0.4, -0.2) is 47.6 Å². The first kappa shape index (κ1) is 20.7. The maximum absolute atomic E-state index is 13.1. The Labute approximate surface area is 172 Å². The third kappa shape index (κ3) is 4.50. The number of aromatic amines is 1. The van der Waals surface area contributed by atoms with Crippen LogP contribution in [0, 0.1) is 13.8 Å². The summed E-state index contributed by atoms with van der Waals surface area (Å²) in [6, 6.07) is 3.35. The van der Waals surface area contributed by atoms with Crippen LogP contribution in [0.25, 0.3) is 0 Å². The van der Waals surface area contributed by atoms with Crippen molar-refractivity contribution in [2.24, 2.45) is 0 Å². The van der Waals surface area contributed by atoms with Crippen molar-refractivity contribution in [3.8, 4) is 0 Å². The number of carbonyl (C=O) groups excluding carboxylic acids is 2. The summed E-state index contributed by atoms with van der Waals surface area (Å²) in [6.45, 7) is 7.37. The molecule has 152 valence electrons. The van der Waals surface area contributed by atoms with Gasteiger partial charge >= 0.3 is 5.97 Å². The number of halogens is 1. The van der Waals surface area contributed by atoms with Gasteiger partial charge in [-0.25, -0.2) is 4.79 Å². The minimum atomic E-state index is -0.388. The lowest BCUT2D eigenvalue weighted by molar-refractivity contribution is 0.0482. The van der Waals surface area contributed by atoms with E-state index >= 15 is 0 Å². The molecule has 1 saturated heterocycles. The van der Waals surface area contributed by atoms with Crippen LogP contribution in [0.1, 0.15) is 57.6 Å². The van der Waals surface area contributed by atoms with Crippen molar-refractivity contribution in [2.45, 2.75) is 46.3 Å². The fourth-order valence-corrected chi connectivity index (χ4v) is 3.77. The number of rotatable bonds is 7. The van der Waals surface area contributed by atoms with Gasteiger partial charge in [0, 0.05) is 25.4 Å². The summed E-state index contributed by atoms with van der Waals surface area (Å²) in [7, 11) is 0. The fourth-order valence-electron chi connectivity index (χ4n) is 3.46. The minimum absolute atomic E-state index is 0.00596. The molecule has 1 fully saturated rings. The summed E-state index contributed by atoms with van der Waals surface area (Å²) in [4.78, 5) is 30.1. The van der Waals surface area contributed by atoms with Crippen LogP contribution in [0.4, 0.5) is 0 Å². The van der Waals surface area contributed by atoms with Gasteiger partial charge in [-0.05, 0) is 72.8 Å². The van der Waals surface area contributed by atoms with E-state index in [4.69, 9.17) is 13.9 Å². The Bertz CT molecular complexity index is 851. The van der Waals surface area contributed by atoms with Crippen LogP contribution in [0.2, 0.25) is 0 Å². The van der Waals surface area contributed by atoms with E-state index in [0.29, 0.717) is 36.7 Å². The first-order valence-electron chi connectivity index (χ1n) is 9.42. The number of nitrogens with zero attached hydrogens (tertiary/aromatic N) is 1. The van der Waals surface area contributed by atoms with Gasteiger partial charge in [0.05, 0.1) is 12.7 Å². The largest absolute Gasteiger partial charge is 0.461 e. The molecule has 1 atom stereocenters. The highest BCUT2D eigenvalue weighted by molar-refractivity contribution is 9.10. The molecule has 2 aromatic rings. The van der Waals surface area contributed by atoms with E-state index in [9.17, 15) is 9.59 Å². The predicted octanol–water partition coefficient (Wildman–Crippen LogP) is 3.99. The van der Waals surface area contributed by atoms with Gasteiger partial charge in [-0.1, -0.05) is 0 Å². The Morgan fingerprint density at radius 1 is 1.36 bits per heavy atom. The van der Waals surface area contributed by atoms with Gasteiger partial charge in [-0.15, -0.1) is 0 Å². The molecule has 0 bridgehead atoms. The number of aryl methyl sites for hydroxylation is 1. The molecule has 1 aliphatic heterocycles. The number of ether oxygens (including phenoxy) is 2. The minimum Gasteiger partial charge on any atom is -0.461 e. The highest BCUT2D eigenvalue weighted by atomic mass is 79.9. The Morgan fingerprint density at radius 2 is 2.14 bits per heavy atom. The summed E-state index contributed by atoms with van der Waals surface area (Å²) in [5.74, 6) is -0.332. The van der Waals surface area contributed by atoms with Gasteiger partial charge in [-0.3, -0.25) is 4.79 Å². The van der Waals surface area contributed by atoms with Crippen LogP contribution in [0.5, 0.6) is 0 Å². The lowest BCUT2D eigenvalue weighted by atomic mass is 10.1. The second-order valence-electron chi connectivity index (χ2n) is 6.87. The molecule has 1 aliphatic rings. The van der Waals surface area contributed by atoms with E-state index in [1.807, 2.05) is 13.8 Å². The zero-order valence-electron chi connectivity index (χ0n) is 16.3. The lowest BCUT2D eigenvalue weighted by Gasteiger charge is -2.25. The molecule has 28 heavy (non-hydrogen) atoms. The number of nitrogens with one attached hydrogen (secondary N) is 1. The van der Waals surface area contributed by atoms with Crippen LogP contribution in [0.15, 0.2) is 21.2 Å². The molecule has 3 rings (SSSR count). The number of amides is 1. The number of furan rings is 1. The van der Waals surface area contributed by atoms with Crippen molar-refractivity contribution in [3.05, 3.63) is 45.1 Å². The first-order chi connectivity index (χ1) is 13.4. The quantitative estimate of drug-likeness (QED) is 0.641. The van der Waals surface area contributed by atoms with Gasteiger partial charge in [0.15, 0.2) is 10.4 Å². The van der Waals surface area contributed by atoms with Gasteiger partial charge < -0.3 is 23.8 Å². The highest BCUT2D eigenvalue weighted by Crippen LogP contribution is 2.24. The molecular weight excluding hydrogens is 428 g/mol. The van der Waals surface area contributed by atoms with Gasteiger partial charge in [0.2, 0.25) is 0 Å². The van der Waals surface area contributed by atoms with E-state index in [1.54, 1.807) is 24.0 Å². The molecular formula is C20H25BrN2O5. The van der Waals surface area contributed by atoms with Crippen molar-refractivity contribution in [2.75, 3.05) is 19.8 Å². The number of hydrogen-bond donors (Lipinski definition) is 1. The average Bonchev–Trinajstić information content (AvgIpc) is 3.38. The fraction of sp³-hybridized carbons (Fsp3) is 0.500. The van der Waals surface area contributed by atoms with Crippen molar-refractivity contribution < 1.29 is 23.5 Å². The van der Waals surface area contributed by atoms with E-state index in [2.05, 4.69) is 20.9 Å². The van der Waals surface area contributed by atoms with Crippen LogP contribution in [0.3, 0.4) is 0 Å². The van der Waals surface area contributed by atoms with E-state index in [-0.39, 0.29) is 23.7 Å². The monoisotopic (exact) mass is 452 g/mol. The molecule has 0 spiro atoms. The highest BCUT2D eigenvalue weighted by Gasteiger charge is 2.28. The van der Waals surface area contributed by atoms with Crippen molar-refractivity contribution in [1.29, 1.82) is 0 Å². The Morgan fingerprint density at radius 3 is 2.75 bits per heavy atom. The molecule has 0 unspecified atom stereocenters. The first-order valence-corrected chi connectivity index (χ1v) is 10.2. The number of esters is 1. The molecule has 0 aromatic carbocycles. The summed E-state index contributed by atoms with van der Waals surface area (Å²) in [5, 5.41) is 0. The van der Waals surface area contributed by atoms with Gasteiger partial charge in [0.1, 0.15) is 5.69 Å². The van der Waals surface area contributed by atoms with Gasteiger partial charge in [0.25, 0.3) is 5.91 Å². The smallest absolute Gasteiger partial charge is 0.355 e. The summed E-state index contributed by atoms with van der Waals surface area (Å²) >= 11 is 3.24. The molecule has 0 saturated carbocycles. The molecule has 1 N–H and O–H groups in total. The maximum atomic E-state index is 13.1. The number of carbonyl (C=O) groups is 2. The maximum Gasteiger partial charge on any atom is 0.355 e. The SMILES string of the molecule is CCOC(=O)c1[nH]c(C)c(CN(C[C@H]2CCCO2)C(=O)c2ccc(Br)o2)c1C. The van der Waals surface area contributed by atoms with Gasteiger partial charge in [-0.2, -0.15) is 0 Å². The van der Waals surface area contributed by atoms with Crippen LogP contribution in [-0.2, 0) is 16.0 Å². The van der Waals surface area contributed by atoms with E-state index in [0.717, 1.165) is 29.7 Å². The Kier molecular flexibility index (Phi) is 6.61. The normalized spacial score (nSPS) is 16.4. The van der Waals surface area contributed by atoms with Crippen molar-refractivity contribution in [1.82, 2.24) is 9.88 Å². The van der Waals surface area contributed by atoms with Crippen LogP contribution < -0.4 is 0 Å². The number of aromatic nitrogens is 1.